The molecule has 4 heteroatoms. The lowest BCUT2D eigenvalue weighted by molar-refractivity contribution is 0.250. The van der Waals surface area contributed by atoms with Gasteiger partial charge in [-0.05, 0) is 47.9 Å². The smallest absolute Gasteiger partial charge is 0.119 e. The summed E-state index contributed by atoms with van der Waals surface area (Å²) in [5.74, 6) is 2.30. The molecule has 3 unspecified atom stereocenters. The first-order valence-electron chi connectivity index (χ1n) is 7.32. The number of ether oxygens (including phenoxy) is 1. The van der Waals surface area contributed by atoms with Gasteiger partial charge in [0, 0.05) is 17.9 Å². The second kappa shape index (κ2) is 7.34. The standard InChI is InChI=1S/C16H25NO2S/c1-4-17-16-14-8-13(19-3)6-5-12(14)7-15(16)20-10-11(2)9-18/h5-6,8,11,15-18H,4,7,9-10H2,1-3H3. The fraction of sp³-hybridized carbons (Fsp3) is 0.625. The average Bonchev–Trinajstić information content (AvgIpc) is 2.82. The van der Waals surface area contributed by atoms with Crippen molar-refractivity contribution < 1.29 is 9.84 Å². The van der Waals surface area contributed by atoms with Crippen molar-refractivity contribution in [3.05, 3.63) is 29.3 Å². The van der Waals surface area contributed by atoms with Gasteiger partial charge in [0.2, 0.25) is 0 Å². The summed E-state index contributed by atoms with van der Waals surface area (Å²) in [5, 5.41) is 13.3. The van der Waals surface area contributed by atoms with Crippen molar-refractivity contribution in [2.45, 2.75) is 31.6 Å². The third kappa shape index (κ3) is 3.48. The normalized spacial score (nSPS) is 22.6. The van der Waals surface area contributed by atoms with Crippen molar-refractivity contribution in [1.29, 1.82) is 0 Å². The molecule has 0 aromatic heterocycles. The van der Waals surface area contributed by atoms with Crippen molar-refractivity contribution in [1.82, 2.24) is 5.32 Å². The van der Waals surface area contributed by atoms with Crippen LogP contribution in [-0.2, 0) is 6.42 Å². The molecule has 1 aliphatic rings. The molecule has 1 aliphatic carbocycles. The molecular weight excluding hydrogens is 270 g/mol. The Hall–Kier alpha value is -0.710. The van der Waals surface area contributed by atoms with Gasteiger partial charge < -0.3 is 15.2 Å². The summed E-state index contributed by atoms with van der Waals surface area (Å²) >= 11 is 1.97. The van der Waals surface area contributed by atoms with E-state index in [-0.39, 0.29) is 6.61 Å². The third-order valence-electron chi connectivity index (χ3n) is 3.81. The number of hydrogen-bond acceptors (Lipinski definition) is 4. The monoisotopic (exact) mass is 295 g/mol. The van der Waals surface area contributed by atoms with Crippen molar-refractivity contribution in [3.63, 3.8) is 0 Å². The summed E-state index contributed by atoms with van der Waals surface area (Å²) in [7, 11) is 1.72. The zero-order valence-corrected chi connectivity index (χ0v) is 13.4. The van der Waals surface area contributed by atoms with E-state index < -0.39 is 0 Å². The van der Waals surface area contributed by atoms with E-state index in [9.17, 15) is 5.11 Å². The topological polar surface area (TPSA) is 41.5 Å². The third-order valence-corrected chi connectivity index (χ3v) is 5.44. The van der Waals surface area contributed by atoms with E-state index in [1.807, 2.05) is 17.8 Å². The van der Waals surface area contributed by atoms with Gasteiger partial charge in [-0.3, -0.25) is 0 Å². The van der Waals surface area contributed by atoms with Crippen LogP contribution in [0.1, 0.15) is 31.0 Å². The Bertz CT molecular complexity index is 438. The Morgan fingerprint density at radius 1 is 1.50 bits per heavy atom. The summed E-state index contributed by atoms with van der Waals surface area (Å²) in [6.45, 7) is 5.48. The fourth-order valence-electron chi connectivity index (χ4n) is 2.67. The Labute approximate surface area is 126 Å². The van der Waals surface area contributed by atoms with Crippen LogP contribution in [0.15, 0.2) is 18.2 Å². The largest absolute Gasteiger partial charge is 0.497 e. The summed E-state index contributed by atoms with van der Waals surface area (Å²) in [5.41, 5.74) is 2.80. The lowest BCUT2D eigenvalue weighted by Gasteiger charge is -2.22. The molecule has 0 aliphatic heterocycles. The minimum absolute atomic E-state index is 0.270. The predicted molar refractivity (Wildman–Crippen MR) is 85.6 cm³/mol. The molecule has 2 N–H and O–H groups in total. The van der Waals surface area contributed by atoms with Crippen LogP contribution >= 0.6 is 11.8 Å². The number of thioether (sulfide) groups is 1. The van der Waals surface area contributed by atoms with Crippen LogP contribution in [0.25, 0.3) is 0 Å². The van der Waals surface area contributed by atoms with Gasteiger partial charge in [-0.25, -0.2) is 0 Å². The number of hydrogen-bond donors (Lipinski definition) is 2. The molecule has 3 nitrogen and oxygen atoms in total. The predicted octanol–water partition coefficient (Wildman–Crippen LogP) is 2.63. The molecule has 0 fully saturated rings. The molecule has 0 saturated carbocycles. The lowest BCUT2D eigenvalue weighted by atomic mass is 10.1. The molecule has 2 rings (SSSR count). The maximum atomic E-state index is 9.17. The SMILES string of the molecule is CCNC1c2cc(OC)ccc2CC1SCC(C)CO. The Balaban J connectivity index is 2.12. The quantitative estimate of drug-likeness (QED) is 0.811. The summed E-state index contributed by atoms with van der Waals surface area (Å²) in [4.78, 5) is 0. The maximum Gasteiger partial charge on any atom is 0.119 e. The van der Waals surface area contributed by atoms with E-state index >= 15 is 0 Å². The van der Waals surface area contributed by atoms with Gasteiger partial charge >= 0.3 is 0 Å². The molecule has 20 heavy (non-hydrogen) atoms. The van der Waals surface area contributed by atoms with E-state index in [4.69, 9.17) is 4.74 Å². The van der Waals surface area contributed by atoms with Crippen molar-refractivity contribution >= 4 is 11.8 Å². The number of rotatable bonds is 7. The van der Waals surface area contributed by atoms with Crippen LogP contribution in [0.4, 0.5) is 0 Å². The number of aliphatic hydroxyl groups excluding tert-OH is 1. The van der Waals surface area contributed by atoms with Crippen molar-refractivity contribution in [2.75, 3.05) is 26.0 Å². The van der Waals surface area contributed by atoms with Gasteiger partial charge in [-0.2, -0.15) is 11.8 Å². The minimum Gasteiger partial charge on any atom is -0.497 e. The molecule has 0 radical (unpaired) electrons. The highest BCUT2D eigenvalue weighted by atomic mass is 32.2. The Kier molecular flexibility index (Phi) is 5.75. The summed E-state index contributed by atoms with van der Waals surface area (Å²) in [6, 6.07) is 6.79. The van der Waals surface area contributed by atoms with Crippen LogP contribution in [0, 0.1) is 5.92 Å². The van der Waals surface area contributed by atoms with Gasteiger partial charge in [0.15, 0.2) is 0 Å². The van der Waals surface area contributed by atoms with E-state index in [2.05, 4.69) is 31.3 Å². The highest BCUT2D eigenvalue weighted by Gasteiger charge is 2.32. The van der Waals surface area contributed by atoms with Crippen molar-refractivity contribution in [3.8, 4) is 5.75 Å². The summed E-state index contributed by atoms with van der Waals surface area (Å²) < 4.78 is 5.35. The molecule has 0 saturated heterocycles. The number of fused-ring (bicyclic) bond motifs is 1. The first-order valence-corrected chi connectivity index (χ1v) is 8.37. The highest BCUT2D eigenvalue weighted by Crippen LogP contribution is 2.40. The minimum atomic E-state index is 0.270. The van der Waals surface area contributed by atoms with Crippen LogP contribution in [0.3, 0.4) is 0 Å². The van der Waals surface area contributed by atoms with Gasteiger partial charge in [0.25, 0.3) is 0 Å². The first-order chi connectivity index (χ1) is 9.69. The van der Waals surface area contributed by atoms with Gasteiger partial charge in [0.05, 0.1) is 7.11 Å². The van der Waals surface area contributed by atoms with Gasteiger partial charge in [0.1, 0.15) is 5.75 Å². The summed E-state index contributed by atoms with van der Waals surface area (Å²) in [6.07, 6.45) is 1.10. The van der Waals surface area contributed by atoms with Gasteiger partial charge in [-0.15, -0.1) is 0 Å². The molecule has 3 atom stereocenters. The maximum absolute atomic E-state index is 9.17. The highest BCUT2D eigenvalue weighted by molar-refractivity contribution is 7.99. The molecule has 0 bridgehead atoms. The van der Waals surface area contributed by atoms with Crippen LogP contribution in [0.2, 0.25) is 0 Å². The second-order valence-electron chi connectivity index (χ2n) is 5.46. The van der Waals surface area contributed by atoms with E-state index in [0.29, 0.717) is 17.2 Å². The number of methoxy groups -OCH3 is 1. The van der Waals surface area contributed by atoms with Crippen molar-refractivity contribution in [2.24, 2.45) is 5.92 Å². The zero-order chi connectivity index (χ0) is 14.5. The van der Waals surface area contributed by atoms with E-state index in [1.54, 1.807) is 7.11 Å². The second-order valence-corrected chi connectivity index (χ2v) is 6.74. The molecule has 1 aromatic rings. The molecule has 1 aromatic carbocycles. The fourth-order valence-corrected chi connectivity index (χ4v) is 4.08. The van der Waals surface area contributed by atoms with Crippen LogP contribution in [-0.4, -0.2) is 36.4 Å². The van der Waals surface area contributed by atoms with Crippen LogP contribution < -0.4 is 10.1 Å². The zero-order valence-electron chi connectivity index (χ0n) is 12.6. The molecular formula is C16H25NO2S. The number of nitrogens with one attached hydrogen (secondary N) is 1. The first kappa shape index (κ1) is 15.7. The number of aliphatic hydroxyl groups is 1. The molecule has 0 heterocycles. The van der Waals surface area contributed by atoms with E-state index in [0.717, 1.165) is 24.5 Å². The van der Waals surface area contributed by atoms with Gasteiger partial charge in [-0.1, -0.05) is 19.9 Å². The van der Waals surface area contributed by atoms with E-state index in [1.165, 1.54) is 11.1 Å². The molecule has 112 valence electrons. The molecule has 0 amide bonds. The Morgan fingerprint density at radius 3 is 2.95 bits per heavy atom. The Morgan fingerprint density at radius 2 is 2.30 bits per heavy atom. The molecule has 0 spiro atoms. The van der Waals surface area contributed by atoms with Crippen LogP contribution in [0.5, 0.6) is 5.75 Å². The number of benzene rings is 1. The average molecular weight is 295 g/mol. The lowest BCUT2D eigenvalue weighted by Crippen LogP contribution is -2.27.